The van der Waals surface area contributed by atoms with Gasteiger partial charge in [0.2, 0.25) is 0 Å². The van der Waals surface area contributed by atoms with Crippen molar-refractivity contribution in [2.75, 3.05) is 7.11 Å². The molecule has 2 rings (SSSR count). The Hall–Kier alpha value is -2.10. The van der Waals surface area contributed by atoms with Crippen molar-refractivity contribution in [3.05, 3.63) is 36.7 Å². The molecule has 76 valence electrons. The van der Waals surface area contributed by atoms with Gasteiger partial charge in [0.15, 0.2) is 11.6 Å². The summed E-state index contributed by atoms with van der Waals surface area (Å²) < 4.78 is 5.04. The van der Waals surface area contributed by atoms with Gasteiger partial charge in [-0.3, -0.25) is 0 Å². The summed E-state index contributed by atoms with van der Waals surface area (Å²) in [5.74, 6) is 1.43. The fourth-order valence-corrected chi connectivity index (χ4v) is 1.21. The highest BCUT2D eigenvalue weighted by atomic mass is 16.5. The molecule has 0 saturated heterocycles. The number of nitrogens with zero attached hydrogens (tertiary/aromatic N) is 2. The molecule has 2 aromatic rings. The monoisotopic (exact) mass is 202 g/mol. The van der Waals surface area contributed by atoms with Crippen molar-refractivity contribution >= 4 is 0 Å². The van der Waals surface area contributed by atoms with Gasteiger partial charge in [0.1, 0.15) is 5.75 Å². The van der Waals surface area contributed by atoms with E-state index in [1.807, 2.05) is 24.3 Å². The largest absolute Gasteiger partial charge is 0.505 e. The Labute approximate surface area is 87.2 Å². The Balaban J connectivity index is 2.33. The van der Waals surface area contributed by atoms with Crippen molar-refractivity contribution in [1.82, 2.24) is 9.97 Å². The second-order valence-corrected chi connectivity index (χ2v) is 2.99. The van der Waals surface area contributed by atoms with E-state index in [9.17, 15) is 0 Å². The summed E-state index contributed by atoms with van der Waals surface area (Å²) in [7, 11) is 1.62. The number of methoxy groups -OCH3 is 1. The van der Waals surface area contributed by atoms with E-state index in [1.54, 1.807) is 7.11 Å². The van der Waals surface area contributed by atoms with Gasteiger partial charge in [0.05, 0.1) is 19.5 Å². The molecule has 4 heteroatoms. The minimum Gasteiger partial charge on any atom is -0.505 e. The molecule has 1 heterocycles. The van der Waals surface area contributed by atoms with Crippen LogP contribution in [0.3, 0.4) is 0 Å². The molecule has 0 bridgehead atoms. The number of hydrogen-bond acceptors (Lipinski definition) is 4. The number of rotatable bonds is 2. The highest BCUT2D eigenvalue weighted by molar-refractivity contribution is 5.56. The van der Waals surface area contributed by atoms with Crippen molar-refractivity contribution in [3.63, 3.8) is 0 Å². The van der Waals surface area contributed by atoms with Gasteiger partial charge in [0.25, 0.3) is 0 Å². The lowest BCUT2D eigenvalue weighted by molar-refractivity contribution is 0.415. The van der Waals surface area contributed by atoms with Gasteiger partial charge in [-0.25, -0.2) is 9.97 Å². The van der Waals surface area contributed by atoms with Gasteiger partial charge in [0, 0.05) is 5.56 Å². The van der Waals surface area contributed by atoms with E-state index in [0.29, 0.717) is 5.82 Å². The Morgan fingerprint density at radius 3 is 2.20 bits per heavy atom. The minimum atomic E-state index is 0.0623. The predicted octanol–water partition coefficient (Wildman–Crippen LogP) is 1.86. The van der Waals surface area contributed by atoms with Crippen LogP contribution in [0.4, 0.5) is 0 Å². The van der Waals surface area contributed by atoms with E-state index in [1.165, 1.54) is 12.4 Å². The maximum atomic E-state index is 9.04. The number of benzene rings is 1. The summed E-state index contributed by atoms with van der Waals surface area (Å²) in [5.41, 5.74) is 0.885. The summed E-state index contributed by atoms with van der Waals surface area (Å²) in [6, 6.07) is 7.41. The first-order valence-electron chi connectivity index (χ1n) is 4.45. The van der Waals surface area contributed by atoms with Crippen LogP contribution in [0.25, 0.3) is 11.4 Å². The van der Waals surface area contributed by atoms with E-state index in [-0.39, 0.29) is 5.75 Å². The van der Waals surface area contributed by atoms with Gasteiger partial charge >= 0.3 is 0 Å². The van der Waals surface area contributed by atoms with E-state index < -0.39 is 0 Å². The molecule has 4 nitrogen and oxygen atoms in total. The van der Waals surface area contributed by atoms with Gasteiger partial charge < -0.3 is 9.84 Å². The second-order valence-electron chi connectivity index (χ2n) is 2.99. The lowest BCUT2D eigenvalue weighted by Crippen LogP contribution is -1.88. The molecule has 0 aliphatic heterocycles. The van der Waals surface area contributed by atoms with Gasteiger partial charge in [-0.2, -0.15) is 0 Å². The van der Waals surface area contributed by atoms with Crippen molar-refractivity contribution in [1.29, 1.82) is 0 Å². The van der Waals surface area contributed by atoms with Gasteiger partial charge in [-0.15, -0.1) is 0 Å². The Bertz CT molecular complexity index is 437. The van der Waals surface area contributed by atoms with Crippen LogP contribution in [0.1, 0.15) is 0 Å². The lowest BCUT2D eigenvalue weighted by atomic mass is 10.2. The Morgan fingerprint density at radius 1 is 1.07 bits per heavy atom. The summed E-state index contributed by atoms with van der Waals surface area (Å²) >= 11 is 0. The third kappa shape index (κ3) is 2.04. The van der Waals surface area contributed by atoms with E-state index >= 15 is 0 Å². The smallest absolute Gasteiger partial charge is 0.159 e. The quantitative estimate of drug-likeness (QED) is 0.807. The Kier molecular flexibility index (Phi) is 2.49. The van der Waals surface area contributed by atoms with Crippen molar-refractivity contribution in [3.8, 4) is 22.9 Å². The zero-order valence-corrected chi connectivity index (χ0v) is 8.21. The van der Waals surface area contributed by atoms with Crippen LogP contribution in [-0.4, -0.2) is 22.2 Å². The fraction of sp³-hybridized carbons (Fsp3) is 0.0909. The predicted molar refractivity (Wildman–Crippen MR) is 55.7 cm³/mol. The minimum absolute atomic E-state index is 0.0623. The average Bonchev–Trinajstić information content (AvgIpc) is 2.30. The van der Waals surface area contributed by atoms with E-state index in [0.717, 1.165) is 11.3 Å². The molecule has 15 heavy (non-hydrogen) atoms. The second kappa shape index (κ2) is 3.96. The van der Waals surface area contributed by atoms with Crippen LogP contribution in [0, 0.1) is 0 Å². The number of ether oxygens (including phenoxy) is 1. The maximum Gasteiger partial charge on any atom is 0.159 e. The third-order valence-electron chi connectivity index (χ3n) is 1.99. The normalized spacial score (nSPS) is 9.93. The number of aromatic nitrogens is 2. The molecule has 0 aliphatic carbocycles. The standard InChI is InChI=1S/C11H10N2O2/c1-15-10-4-2-8(3-5-10)11-12-6-9(14)7-13-11/h2-7,14H,1H3. The molecule has 0 atom stereocenters. The van der Waals surface area contributed by atoms with E-state index in [4.69, 9.17) is 9.84 Å². The highest BCUT2D eigenvalue weighted by Crippen LogP contribution is 2.19. The first-order chi connectivity index (χ1) is 7.29. The van der Waals surface area contributed by atoms with Crippen LogP contribution in [0.2, 0.25) is 0 Å². The molecule has 0 amide bonds. The van der Waals surface area contributed by atoms with Crippen molar-refractivity contribution in [2.45, 2.75) is 0 Å². The summed E-state index contributed by atoms with van der Waals surface area (Å²) in [4.78, 5) is 8.00. The molecule has 0 radical (unpaired) electrons. The summed E-state index contributed by atoms with van der Waals surface area (Å²) in [6.07, 6.45) is 2.74. The molecule has 1 aromatic heterocycles. The molecule has 0 aliphatic rings. The topological polar surface area (TPSA) is 55.2 Å². The van der Waals surface area contributed by atoms with Crippen LogP contribution in [0.5, 0.6) is 11.5 Å². The molecule has 0 fully saturated rings. The summed E-state index contributed by atoms with van der Waals surface area (Å²) in [6.45, 7) is 0. The maximum absolute atomic E-state index is 9.04. The van der Waals surface area contributed by atoms with Crippen molar-refractivity contribution in [2.24, 2.45) is 0 Å². The molecular formula is C11H10N2O2. The zero-order chi connectivity index (χ0) is 10.7. The third-order valence-corrected chi connectivity index (χ3v) is 1.99. The zero-order valence-electron chi connectivity index (χ0n) is 8.21. The first-order valence-corrected chi connectivity index (χ1v) is 4.45. The summed E-state index contributed by atoms with van der Waals surface area (Å²) in [5, 5.41) is 9.04. The molecule has 0 spiro atoms. The lowest BCUT2D eigenvalue weighted by Gasteiger charge is -2.01. The van der Waals surface area contributed by atoms with Crippen LogP contribution in [0.15, 0.2) is 36.7 Å². The molecule has 1 aromatic carbocycles. The highest BCUT2D eigenvalue weighted by Gasteiger charge is 2.00. The van der Waals surface area contributed by atoms with Crippen LogP contribution < -0.4 is 4.74 Å². The Morgan fingerprint density at radius 2 is 1.67 bits per heavy atom. The first kappa shape index (κ1) is 9.45. The number of hydrogen-bond donors (Lipinski definition) is 1. The molecule has 1 N–H and O–H groups in total. The SMILES string of the molecule is COc1ccc(-c2ncc(O)cn2)cc1. The number of aromatic hydroxyl groups is 1. The average molecular weight is 202 g/mol. The van der Waals surface area contributed by atoms with Crippen molar-refractivity contribution < 1.29 is 9.84 Å². The van der Waals surface area contributed by atoms with Crippen LogP contribution >= 0.6 is 0 Å². The van der Waals surface area contributed by atoms with Gasteiger partial charge in [-0.05, 0) is 24.3 Å². The molecular weight excluding hydrogens is 192 g/mol. The van der Waals surface area contributed by atoms with Crippen LogP contribution in [-0.2, 0) is 0 Å². The molecule has 0 unspecified atom stereocenters. The molecule has 0 saturated carbocycles. The fourth-order valence-electron chi connectivity index (χ4n) is 1.21. The van der Waals surface area contributed by atoms with Gasteiger partial charge in [-0.1, -0.05) is 0 Å². The van der Waals surface area contributed by atoms with E-state index in [2.05, 4.69) is 9.97 Å².